The molecule has 0 saturated heterocycles. The molecular formula is C25H25N7O3. The molecular weight excluding hydrogens is 446 g/mol. The number of pyridine rings is 1. The van der Waals surface area contributed by atoms with E-state index in [1.54, 1.807) is 30.8 Å². The SMILES string of the molecule is Cc1cccc(-c2nc3c(c(-c4cn(Cc5cccc(C(C)(C)O)n5)nn4)n2)OCC(=O)N3)c1C. The minimum Gasteiger partial charge on any atom is -0.477 e. The van der Waals surface area contributed by atoms with Crippen LogP contribution in [-0.4, -0.2) is 47.6 Å². The van der Waals surface area contributed by atoms with Crippen LogP contribution in [0.25, 0.3) is 22.8 Å². The Morgan fingerprint density at radius 2 is 1.91 bits per heavy atom. The number of benzene rings is 1. The van der Waals surface area contributed by atoms with E-state index < -0.39 is 5.60 Å². The second kappa shape index (κ2) is 8.55. The molecule has 1 aliphatic heterocycles. The molecule has 10 nitrogen and oxygen atoms in total. The summed E-state index contributed by atoms with van der Waals surface area (Å²) in [6.07, 6.45) is 1.74. The van der Waals surface area contributed by atoms with E-state index in [9.17, 15) is 9.90 Å². The van der Waals surface area contributed by atoms with E-state index in [1.165, 1.54) is 0 Å². The molecule has 178 valence electrons. The predicted octanol–water partition coefficient (Wildman–Crippen LogP) is 3.02. The Morgan fingerprint density at radius 3 is 2.71 bits per heavy atom. The molecule has 1 amide bonds. The smallest absolute Gasteiger partial charge is 0.263 e. The number of fused-ring (bicyclic) bond motifs is 1. The Balaban J connectivity index is 1.55. The van der Waals surface area contributed by atoms with Gasteiger partial charge in [-0.2, -0.15) is 0 Å². The third-order valence-electron chi connectivity index (χ3n) is 5.86. The van der Waals surface area contributed by atoms with E-state index in [1.807, 2.05) is 44.2 Å². The van der Waals surface area contributed by atoms with Gasteiger partial charge < -0.3 is 15.2 Å². The van der Waals surface area contributed by atoms with Crippen molar-refractivity contribution < 1.29 is 14.6 Å². The topological polar surface area (TPSA) is 128 Å². The van der Waals surface area contributed by atoms with E-state index >= 15 is 0 Å². The zero-order chi connectivity index (χ0) is 24.7. The van der Waals surface area contributed by atoms with Crippen LogP contribution in [0.3, 0.4) is 0 Å². The first-order valence-corrected chi connectivity index (χ1v) is 11.2. The average Bonchev–Trinajstić information content (AvgIpc) is 3.28. The second-order valence-corrected chi connectivity index (χ2v) is 9.03. The number of nitrogens with one attached hydrogen (secondary N) is 1. The molecule has 0 aliphatic carbocycles. The van der Waals surface area contributed by atoms with Gasteiger partial charge in [0.05, 0.1) is 24.1 Å². The minimum atomic E-state index is -1.05. The maximum Gasteiger partial charge on any atom is 0.263 e. The number of hydrogen-bond acceptors (Lipinski definition) is 8. The van der Waals surface area contributed by atoms with Crippen LogP contribution in [0, 0.1) is 13.8 Å². The summed E-state index contributed by atoms with van der Waals surface area (Å²) in [6.45, 7) is 7.64. The van der Waals surface area contributed by atoms with Gasteiger partial charge in [-0.15, -0.1) is 5.10 Å². The number of ether oxygens (including phenoxy) is 1. The van der Waals surface area contributed by atoms with E-state index in [4.69, 9.17) is 9.72 Å². The summed E-state index contributed by atoms with van der Waals surface area (Å²) in [6, 6.07) is 11.4. The molecule has 1 aliphatic rings. The fraction of sp³-hybridized carbons (Fsp3) is 0.280. The average molecular weight is 472 g/mol. The van der Waals surface area contributed by atoms with Crippen LogP contribution in [-0.2, 0) is 16.9 Å². The highest BCUT2D eigenvalue weighted by Gasteiger charge is 2.26. The van der Waals surface area contributed by atoms with Crippen LogP contribution in [0.4, 0.5) is 5.82 Å². The van der Waals surface area contributed by atoms with E-state index in [0.717, 1.165) is 22.4 Å². The summed E-state index contributed by atoms with van der Waals surface area (Å²) in [5.74, 6) is 0.833. The zero-order valence-electron chi connectivity index (χ0n) is 19.9. The van der Waals surface area contributed by atoms with Gasteiger partial charge in [-0.3, -0.25) is 9.78 Å². The molecule has 0 saturated carbocycles. The Morgan fingerprint density at radius 1 is 1.11 bits per heavy atom. The van der Waals surface area contributed by atoms with Crippen molar-refractivity contribution in [3.63, 3.8) is 0 Å². The van der Waals surface area contributed by atoms with Gasteiger partial charge in [-0.1, -0.05) is 29.5 Å². The summed E-state index contributed by atoms with van der Waals surface area (Å²) >= 11 is 0. The van der Waals surface area contributed by atoms with Gasteiger partial charge in [0.15, 0.2) is 24.0 Å². The Bertz CT molecular complexity index is 1440. The lowest BCUT2D eigenvalue weighted by Crippen LogP contribution is -2.27. The molecule has 4 aromatic rings. The van der Waals surface area contributed by atoms with Crippen LogP contribution in [0.15, 0.2) is 42.6 Å². The summed E-state index contributed by atoms with van der Waals surface area (Å²) in [5, 5.41) is 21.6. The van der Waals surface area contributed by atoms with Crippen molar-refractivity contribution in [3.05, 3.63) is 65.1 Å². The second-order valence-electron chi connectivity index (χ2n) is 9.03. The lowest BCUT2D eigenvalue weighted by atomic mass is 10.0. The van der Waals surface area contributed by atoms with Crippen molar-refractivity contribution in [1.82, 2.24) is 29.9 Å². The standard InChI is InChI=1S/C25H25N7O3/c1-14-7-5-9-17(15(14)2)23-28-21(22-24(29-23)27-20(33)13-35-22)18-12-32(31-30-18)11-16-8-6-10-19(26-16)25(3,4)34/h5-10,12,34H,11,13H2,1-4H3,(H,27,28,29,33). The van der Waals surface area contributed by atoms with Gasteiger partial charge in [-0.25, -0.2) is 14.6 Å². The summed E-state index contributed by atoms with van der Waals surface area (Å²) in [5.41, 5.74) is 4.18. The number of carbonyl (C=O) groups is 1. The number of amides is 1. The first kappa shape index (κ1) is 22.6. The number of hydrogen-bond donors (Lipinski definition) is 2. The van der Waals surface area contributed by atoms with Crippen molar-refractivity contribution >= 4 is 11.7 Å². The third-order valence-corrected chi connectivity index (χ3v) is 5.86. The molecule has 10 heteroatoms. The fourth-order valence-electron chi connectivity index (χ4n) is 3.82. The lowest BCUT2D eigenvalue weighted by Gasteiger charge is -2.20. The first-order chi connectivity index (χ1) is 16.7. The van der Waals surface area contributed by atoms with Crippen LogP contribution in [0.1, 0.15) is 36.4 Å². The van der Waals surface area contributed by atoms with Gasteiger partial charge in [0, 0.05) is 5.56 Å². The molecule has 3 aromatic heterocycles. The summed E-state index contributed by atoms with van der Waals surface area (Å²) in [7, 11) is 0. The van der Waals surface area contributed by atoms with Gasteiger partial charge in [0.25, 0.3) is 5.91 Å². The van der Waals surface area contributed by atoms with Gasteiger partial charge >= 0.3 is 0 Å². The molecule has 0 spiro atoms. The van der Waals surface area contributed by atoms with Crippen LogP contribution in [0.5, 0.6) is 5.75 Å². The van der Waals surface area contributed by atoms with E-state index in [2.05, 4.69) is 25.6 Å². The fourth-order valence-corrected chi connectivity index (χ4v) is 3.82. The van der Waals surface area contributed by atoms with Crippen molar-refractivity contribution in [2.24, 2.45) is 0 Å². The third kappa shape index (κ3) is 4.47. The van der Waals surface area contributed by atoms with E-state index in [0.29, 0.717) is 41.0 Å². The van der Waals surface area contributed by atoms with Gasteiger partial charge in [0.1, 0.15) is 17.0 Å². The molecule has 5 rings (SSSR count). The Labute approximate surface area is 202 Å². The predicted molar refractivity (Wildman–Crippen MR) is 129 cm³/mol. The molecule has 0 atom stereocenters. The minimum absolute atomic E-state index is 0.131. The van der Waals surface area contributed by atoms with Crippen LogP contribution in [0.2, 0.25) is 0 Å². The Hall–Kier alpha value is -4.18. The highest BCUT2D eigenvalue weighted by molar-refractivity contribution is 5.96. The summed E-state index contributed by atoms with van der Waals surface area (Å²) < 4.78 is 7.33. The molecule has 4 heterocycles. The van der Waals surface area contributed by atoms with Gasteiger partial charge in [0.2, 0.25) is 0 Å². The largest absolute Gasteiger partial charge is 0.477 e. The quantitative estimate of drug-likeness (QED) is 0.455. The molecule has 35 heavy (non-hydrogen) atoms. The number of carbonyl (C=O) groups excluding carboxylic acids is 1. The van der Waals surface area contributed by atoms with E-state index in [-0.39, 0.29) is 12.5 Å². The first-order valence-electron chi connectivity index (χ1n) is 11.2. The number of aryl methyl sites for hydroxylation is 1. The van der Waals surface area contributed by atoms with Crippen molar-refractivity contribution in [1.29, 1.82) is 0 Å². The van der Waals surface area contributed by atoms with Crippen molar-refractivity contribution in [2.45, 2.75) is 39.8 Å². The number of nitrogens with zero attached hydrogens (tertiary/aromatic N) is 6. The maximum atomic E-state index is 12.0. The summed E-state index contributed by atoms with van der Waals surface area (Å²) in [4.78, 5) is 25.9. The number of aromatic nitrogens is 6. The molecule has 0 bridgehead atoms. The zero-order valence-corrected chi connectivity index (χ0v) is 19.9. The number of rotatable bonds is 5. The van der Waals surface area contributed by atoms with Crippen molar-refractivity contribution in [3.8, 4) is 28.5 Å². The highest BCUT2D eigenvalue weighted by atomic mass is 16.5. The monoisotopic (exact) mass is 471 g/mol. The maximum absolute atomic E-state index is 12.0. The number of aliphatic hydroxyl groups is 1. The molecule has 1 aromatic carbocycles. The van der Waals surface area contributed by atoms with Crippen LogP contribution < -0.4 is 10.1 Å². The molecule has 2 N–H and O–H groups in total. The van der Waals surface area contributed by atoms with Gasteiger partial charge in [-0.05, 0) is 51.0 Å². The van der Waals surface area contributed by atoms with Crippen LogP contribution >= 0.6 is 0 Å². The normalized spacial score (nSPS) is 13.2. The molecule has 0 fully saturated rings. The van der Waals surface area contributed by atoms with Crippen molar-refractivity contribution in [2.75, 3.05) is 11.9 Å². The molecule has 0 unspecified atom stereocenters. The number of anilines is 1. The lowest BCUT2D eigenvalue weighted by molar-refractivity contribution is -0.118. The highest BCUT2D eigenvalue weighted by Crippen LogP contribution is 2.37. The Kier molecular flexibility index (Phi) is 5.52. The molecule has 0 radical (unpaired) electrons.